The van der Waals surface area contributed by atoms with Crippen LogP contribution in [0.3, 0.4) is 0 Å². The molecule has 0 amide bonds. The first-order valence-corrected chi connectivity index (χ1v) is 5.89. The third-order valence-electron chi connectivity index (χ3n) is 2.19. The van der Waals surface area contributed by atoms with Gasteiger partial charge < -0.3 is 4.90 Å². The van der Waals surface area contributed by atoms with Crippen LogP contribution in [0, 0.1) is 0 Å². The van der Waals surface area contributed by atoms with E-state index < -0.39 is 0 Å². The van der Waals surface area contributed by atoms with Crippen LogP contribution in [0.5, 0.6) is 0 Å². The van der Waals surface area contributed by atoms with Crippen molar-refractivity contribution in [3.05, 3.63) is 35.9 Å². The third kappa shape index (κ3) is 9.48. The van der Waals surface area contributed by atoms with Crippen LogP contribution in [0.25, 0.3) is 0 Å². The predicted octanol–water partition coefficient (Wildman–Crippen LogP) is 3.60. The number of hydrogen-bond acceptors (Lipinski definition) is 1. The van der Waals surface area contributed by atoms with Crippen molar-refractivity contribution in [2.24, 2.45) is 0 Å². The molecule has 0 aliphatic carbocycles. The average molecular weight is 207 g/mol. The molecule has 0 saturated carbocycles. The Labute approximate surface area is 95.1 Å². The molecule has 15 heavy (non-hydrogen) atoms. The summed E-state index contributed by atoms with van der Waals surface area (Å²) < 4.78 is 0. The van der Waals surface area contributed by atoms with Gasteiger partial charge in [-0.3, -0.25) is 0 Å². The Hall–Kier alpha value is -0.820. The summed E-state index contributed by atoms with van der Waals surface area (Å²) in [6.45, 7) is 5.49. The van der Waals surface area contributed by atoms with Crippen LogP contribution < -0.4 is 0 Å². The molecule has 0 radical (unpaired) electrons. The van der Waals surface area contributed by atoms with E-state index in [4.69, 9.17) is 0 Å². The zero-order valence-electron chi connectivity index (χ0n) is 10.7. The van der Waals surface area contributed by atoms with Gasteiger partial charge in [0.05, 0.1) is 0 Å². The molecule has 0 unspecified atom stereocenters. The molecule has 1 nitrogen and oxygen atoms in total. The van der Waals surface area contributed by atoms with Gasteiger partial charge in [0.2, 0.25) is 0 Å². The monoisotopic (exact) mass is 207 g/mol. The summed E-state index contributed by atoms with van der Waals surface area (Å²) in [7, 11) is 4.20. The van der Waals surface area contributed by atoms with Gasteiger partial charge in [0, 0.05) is 6.54 Å². The summed E-state index contributed by atoms with van der Waals surface area (Å²) in [4.78, 5) is 2.20. The fourth-order valence-corrected chi connectivity index (χ4v) is 0.997. The summed E-state index contributed by atoms with van der Waals surface area (Å²) in [5.74, 6) is 0. The van der Waals surface area contributed by atoms with Crippen molar-refractivity contribution in [3.8, 4) is 0 Å². The van der Waals surface area contributed by atoms with Crippen molar-refractivity contribution in [1.29, 1.82) is 0 Å². The summed E-state index contributed by atoms with van der Waals surface area (Å²) in [5, 5.41) is 0. The minimum atomic E-state index is 1.13. The molecule has 0 aliphatic rings. The first-order valence-electron chi connectivity index (χ1n) is 5.89. The number of rotatable bonds is 4. The fourth-order valence-electron chi connectivity index (χ4n) is 0.997. The highest BCUT2D eigenvalue weighted by atomic mass is 15.0. The van der Waals surface area contributed by atoms with Crippen LogP contribution in [0.15, 0.2) is 30.3 Å². The molecule has 0 spiro atoms. The largest absolute Gasteiger partial charge is 0.309 e. The normalized spacial score (nSPS) is 9.67. The van der Waals surface area contributed by atoms with Gasteiger partial charge in [0.1, 0.15) is 0 Å². The zero-order chi connectivity index (χ0) is 11.5. The first kappa shape index (κ1) is 14.2. The van der Waals surface area contributed by atoms with Gasteiger partial charge in [0.15, 0.2) is 0 Å². The van der Waals surface area contributed by atoms with Gasteiger partial charge in [-0.1, -0.05) is 57.0 Å². The van der Waals surface area contributed by atoms with Crippen LogP contribution in [0.4, 0.5) is 0 Å². The van der Waals surface area contributed by atoms with Crippen molar-refractivity contribution in [2.75, 3.05) is 20.6 Å². The van der Waals surface area contributed by atoms with Gasteiger partial charge in [-0.25, -0.2) is 0 Å². The van der Waals surface area contributed by atoms with Gasteiger partial charge in [-0.05, 0) is 26.1 Å². The lowest BCUT2D eigenvalue weighted by molar-refractivity contribution is 0.413. The molecule has 1 heteroatoms. The van der Waals surface area contributed by atoms with E-state index in [-0.39, 0.29) is 0 Å². The zero-order valence-corrected chi connectivity index (χ0v) is 10.7. The van der Waals surface area contributed by atoms with Gasteiger partial charge in [-0.2, -0.15) is 0 Å². The highest BCUT2D eigenvalue weighted by Crippen LogP contribution is 1.99. The molecule has 0 N–H and O–H groups in total. The molecule has 1 rings (SSSR count). The fraction of sp³-hybridized carbons (Fsp3) is 0.571. The van der Waals surface area contributed by atoms with Gasteiger partial charge in [0.25, 0.3) is 0 Å². The maximum atomic E-state index is 2.20. The van der Waals surface area contributed by atoms with Crippen molar-refractivity contribution in [2.45, 2.75) is 33.1 Å². The predicted molar refractivity (Wildman–Crippen MR) is 69.3 cm³/mol. The number of unbranched alkanes of at least 4 members (excludes halogenated alkanes) is 1. The van der Waals surface area contributed by atoms with Crippen LogP contribution in [0.2, 0.25) is 0 Å². The first-order chi connectivity index (χ1) is 7.20. The molecule has 86 valence electrons. The van der Waals surface area contributed by atoms with Crippen LogP contribution in [-0.4, -0.2) is 25.5 Å². The van der Waals surface area contributed by atoms with Crippen molar-refractivity contribution < 1.29 is 0 Å². The van der Waals surface area contributed by atoms with E-state index in [1.807, 2.05) is 0 Å². The van der Waals surface area contributed by atoms with Gasteiger partial charge in [-0.15, -0.1) is 0 Å². The number of nitrogens with zero attached hydrogens (tertiary/aromatic N) is 1. The molecule has 0 heterocycles. The second-order valence-electron chi connectivity index (χ2n) is 4.04. The highest BCUT2D eigenvalue weighted by Gasteiger charge is 1.91. The minimum absolute atomic E-state index is 1.13. The Morgan fingerprint density at radius 2 is 1.47 bits per heavy atom. The van der Waals surface area contributed by atoms with Gasteiger partial charge >= 0.3 is 0 Å². The van der Waals surface area contributed by atoms with Crippen LogP contribution in [-0.2, 0) is 6.42 Å². The maximum absolute atomic E-state index is 2.20. The molecule has 0 aliphatic heterocycles. The minimum Gasteiger partial charge on any atom is -0.309 e. The standard InChI is InChI=1S/C10H15N.C4H10/c1-11(2)9-8-10-6-4-3-5-7-10;1-3-4-2/h3-7H,8-9H2,1-2H3;3-4H2,1-2H3. The number of hydrogen-bond donors (Lipinski definition) is 0. The smallest absolute Gasteiger partial charge is 0.00157 e. The maximum Gasteiger partial charge on any atom is 0.00157 e. The van der Waals surface area contributed by atoms with Crippen molar-refractivity contribution in [3.63, 3.8) is 0 Å². The van der Waals surface area contributed by atoms with E-state index in [0.717, 1.165) is 13.0 Å². The summed E-state index contributed by atoms with van der Waals surface area (Å²) in [6, 6.07) is 10.6. The van der Waals surface area contributed by atoms with E-state index in [1.165, 1.54) is 18.4 Å². The lowest BCUT2D eigenvalue weighted by Gasteiger charge is -2.08. The lowest BCUT2D eigenvalue weighted by Crippen LogP contribution is -2.14. The molecule has 1 aromatic carbocycles. The molecule has 1 aromatic rings. The van der Waals surface area contributed by atoms with Crippen LogP contribution >= 0.6 is 0 Å². The number of benzene rings is 1. The molecule has 0 bridgehead atoms. The van der Waals surface area contributed by atoms with Crippen LogP contribution in [0.1, 0.15) is 32.3 Å². The Morgan fingerprint density at radius 3 is 1.87 bits per heavy atom. The molecule has 0 aromatic heterocycles. The molecule has 0 saturated heterocycles. The number of likely N-dealkylation sites (N-methyl/N-ethyl adjacent to an activating group) is 1. The molecular formula is C14H25N. The third-order valence-corrected chi connectivity index (χ3v) is 2.19. The highest BCUT2D eigenvalue weighted by molar-refractivity contribution is 5.14. The summed E-state index contributed by atoms with van der Waals surface area (Å²) >= 11 is 0. The molecule has 0 atom stereocenters. The lowest BCUT2D eigenvalue weighted by atomic mass is 10.1. The van der Waals surface area contributed by atoms with E-state index >= 15 is 0 Å². The molecular weight excluding hydrogens is 182 g/mol. The summed E-state index contributed by atoms with van der Waals surface area (Å²) in [6.07, 6.45) is 3.79. The Balaban J connectivity index is 0.000000423. The van der Waals surface area contributed by atoms with E-state index in [0.29, 0.717) is 0 Å². The Morgan fingerprint density at radius 1 is 0.933 bits per heavy atom. The van der Waals surface area contributed by atoms with E-state index in [2.05, 4.69) is 63.2 Å². The second-order valence-corrected chi connectivity index (χ2v) is 4.04. The quantitative estimate of drug-likeness (QED) is 0.729. The topological polar surface area (TPSA) is 3.24 Å². The van der Waals surface area contributed by atoms with Crippen molar-refractivity contribution >= 4 is 0 Å². The Kier molecular flexibility index (Phi) is 9.19. The molecule has 0 fully saturated rings. The van der Waals surface area contributed by atoms with Crippen molar-refractivity contribution in [1.82, 2.24) is 4.90 Å². The SMILES string of the molecule is CCCC.CN(C)CCc1ccccc1. The average Bonchev–Trinajstić information content (AvgIpc) is 2.28. The van der Waals surface area contributed by atoms with E-state index in [9.17, 15) is 0 Å². The summed E-state index contributed by atoms with van der Waals surface area (Å²) in [5.41, 5.74) is 1.42. The Bertz CT molecular complexity index is 214. The second kappa shape index (κ2) is 9.72. The van der Waals surface area contributed by atoms with E-state index in [1.54, 1.807) is 0 Å².